The Hall–Kier alpha value is -5.46. The molecule has 0 fully saturated rings. The van der Waals surface area contributed by atoms with Gasteiger partial charge in [-0.15, -0.1) is 0 Å². The van der Waals surface area contributed by atoms with Gasteiger partial charge in [-0.2, -0.15) is 5.10 Å². The van der Waals surface area contributed by atoms with E-state index in [1.165, 1.54) is 29.2 Å². The summed E-state index contributed by atoms with van der Waals surface area (Å²) in [5.74, 6) is -1.02. The Balaban J connectivity index is 1.48. The van der Waals surface area contributed by atoms with Gasteiger partial charge in [0.15, 0.2) is 5.82 Å². The molecule has 0 aliphatic rings. The number of imide groups is 1. The van der Waals surface area contributed by atoms with Crippen molar-refractivity contribution in [3.8, 4) is 5.75 Å². The third-order valence-corrected chi connectivity index (χ3v) is 6.62. The Bertz CT molecular complexity index is 1670. The lowest BCUT2D eigenvalue weighted by molar-refractivity contribution is -0.151. The first kappa shape index (κ1) is 30.5. The molecular formula is C30H32N6O7. The molecule has 13 heteroatoms. The van der Waals surface area contributed by atoms with Gasteiger partial charge in [0.1, 0.15) is 17.6 Å². The SMILES string of the molecule is CCNC(=O)c1ccc(C)c(Nc2ncnn3cc(C(=O)N(CC)C(=O)OCOC(=O)Cc4ccc(O)cc4)c(C)c23)c1. The lowest BCUT2D eigenvalue weighted by Crippen LogP contribution is -2.37. The average Bonchev–Trinajstić information content (AvgIpc) is 3.33. The Morgan fingerprint density at radius 1 is 1.02 bits per heavy atom. The quantitative estimate of drug-likeness (QED) is 0.183. The minimum Gasteiger partial charge on any atom is -0.508 e. The van der Waals surface area contributed by atoms with Crippen molar-refractivity contribution in [1.82, 2.24) is 24.8 Å². The molecule has 0 aliphatic heterocycles. The number of phenols is 1. The standard InChI is InChI=1S/C30H32N6O7/c1-5-31-28(39)21-10-7-18(3)24(14-21)34-27-26-19(4)23(15-36(26)33-16-32-27)29(40)35(6-2)30(41)43-17-42-25(38)13-20-8-11-22(37)12-9-20/h7-12,14-16,37H,5-6,13,17H2,1-4H3,(H,31,39)(H,32,33,34). The third-order valence-electron chi connectivity index (χ3n) is 6.62. The normalized spacial score (nSPS) is 10.7. The molecule has 3 N–H and O–H groups in total. The maximum Gasteiger partial charge on any atom is 0.419 e. The second-order valence-electron chi connectivity index (χ2n) is 9.52. The van der Waals surface area contributed by atoms with Crippen LogP contribution in [0.15, 0.2) is 55.0 Å². The van der Waals surface area contributed by atoms with E-state index in [0.29, 0.717) is 40.3 Å². The number of nitrogens with zero attached hydrogens (tertiary/aromatic N) is 4. The molecule has 43 heavy (non-hydrogen) atoms. The topological polar surface area (TPSA) is 164 Å². The largest absolute Gasteiger partial charge is 0.508 e. The number of hydrogen-bond donors (Lipinski definition) is 3. The fourth-order valence-electron chi connectivity index (χ4n) is 4.31. The van der Waals surface area contributed by atoms with Crippen LogP contribution in [0, 0.1) is 13.8 Å². The number of aryl methyl sites for hydroxylation is 2. The van der Waals surface area contributed by atoms with Crippen LogP contribution in [0.25, 0.3) is 5.52 Å². The summed E-state index contributed by atoms with van der Waals surface area (Å²) in [6.45, 7) is 6.86. The Morgan fingerprint density at radius 3 is 2.47 bits per heavy atom. The van der Waals surface area contributed by atoms with Crippen molar-refractivity contribution >= 4 is 40.9 Å². The fourth-order valence-corrected chi connectivity index (χ4v) is 4.31. The molecule has 0 spiro atoms. The number of esters is 1. The molecule has 13 nitrogen and oxygen atoms in total. The van der Waals surface area contributed by atoms with Crippen molar-refractivity contribution in [2.45, 2.75) is 34.1 Å². The molecule has 0 saturated heterocycles. The number of ether oxygens (including phenoxy) is 2. The maximum absolute atomic E-state index is 13.4. The molecule has 224 valence electrons. The first-order valence-electron chi connectivity index (χ1n) is 13.5. The zero-order valence-electron chi connectivity index (χ0n) is 24.2. The molecule has 0 radical (unpaired) electrons. The first-order chi connectivity index (χ1) is 20.6. The van der Waals surface area contributed by atoms with Gasteiger partial charge in [-0.1, -0.05) is 18.2 Å². The molecule has 2 heterocycles. The van der Waals surface area contributed by atoms with E-state index in [0.717, 1.165) is 10.5 Å². The number of fused-ring (bicyclic) bond motifs is 1. The van der Waals surface area contributed by atoms with Gasteiger partial charge >= 0.3 is 12.1 Å². The molecule has 3 amide bonds. The number of phenolic OH excluding ortho intramolecular Hbond substituents is 1. The molecule has 4 aromatic rings. The van der Waals surface area contributed by atoms with Gasteiger partial charge < -0.3 is 25.2 Å². The van der Waals surface area contributed by atoms with Crippen molar-refractivity contribution in [1.29, 1.82) is 0 Å². The van der Waals surface area contributed by atoms with Gasteiger partial charge in [0, 0.05) is 30.5 Å². The van der Waals surface area contributed by atoms with E-state index in [2.05, 4.69) is 20.7 Å². The number of hydrogen-bond acceptors (Lipinski definition) is 10. The van der Waals surface area contributed by atoms with E-state index in [1.807, 2.05) is 19.9 Å². The van der Waals surface area contributed by atoms with E-state index in [-0.39, 0.29) is 30.2 Å². The predicted octanol–water partition coefficient (Wildman–Crippen LogP) is 3.89. The van der Waals surface area contributed by atoms with Gasteiger partial charge in [0.05, 0.1) is 12.0 Å². The zero-order valence-corrected chi connectivity index (χ0v) is 24.2. The number of carbonyl (C=O) groups excluding carboxylic acids is 4. The second kappa shape index (κ2) is 13.5. The summed E-state index contributed by atoms with van der Waals surface area (Å²) in [7, 11) is 0. The molecular weight excluding hydrogens is 556 g/mol. The molecule has 2 aromatic carbocycles. The van der Waals surface area contributed by atoms with Gasteiger partial charge in [-0.05, 0) is 68.7 Å². The number of aromatic nitrogens is 3. The van der Waals surface area contributed by atoms with Gasteiger partial charge in [-0.3, -0.25) is 14.4 Å². The third kappa shape index (κ3) is 7.07. The zero-order chi connectivity index (χ0) is 31.1. The lowest BCUT2D eigenvalue weighted by Gasteiger charge is -2.18. The fraction of sp³-hybridized carbons (Fsp3) is 0.267. The number of benzene rings is 2. The number of amides is 3. The minimum atomic E-state index is -0.984. The molecule has 0 unspecified atom stereocenters. The average molecular weight is 589 g/mol. The van der Waals surface area contributed by atoms with Crippen LogP contribution in [-0.4, -0.2) is 68.4 Å². The van der Waals surface area contributed by atoms with Crippen molar-refractivity contribution in [2.75, 3.05) is 25.2 Å². The summed E-state index contributed by atoms with van der Waals surface area (Å²) in [6.07, 6.45) is 1.75. The number of rotatable bonds is 10. The van der Waals surface area contributed by atoms with Gasteiger partial charge in [0.2, 0.25) is 6.79 Å². The van der Waals surface area contributed by atoms with Crippen LogP contribution < -0.4 is 10.6 Å². The van der Waals surface area contributed by atoms with E-state index >= 15 is 0 Å². The van der Waals surface area contributed by atoms with Crippen molar-refractivity contribution in [3.05, 3.63) is 82.8 Å². The highest BCUT2D eigenvalue weighted by Crippen LogP contribution is 2.28. The van der Waals surface area contributed by atoms with E-state index < -0.39 is 24.8 Å². The summed E-state index contributed by atoms with van der Waals surface area (Å²) >= 11 is 0. The van der Waals surface area contributed by atoms with Crippen LogP contribution in [0.4, 0.5) is 16.3 Å². The Kier molecular flexibility index (Phi) is 9.55. The monoisotopic (exact) mass is 588 g/mol. The van der Waals surface area contributed by atoms with Crippen LogP contribution in [0.3, 0.4) is 0 Å². The van der Waals surface area contributed by atoms with Crippen LogP contribution >= 0.6 is 0 Å². The van der Waals surface area contributed by atoms with E-state index in [1.54, 1.807) is 38.1 Å². The first-order valence-corrected chi connectivity index (χ1v) is 13.5. The van der Waals surface area contributed by atoms with E-state index in [4.69, 9.17) is 9.47 Å². The highest BCUT2D eigenvalue weighted by atomic mass is 16.7. The van der Waals surface area contributed by atoms with Crippen LogP contribution in [0.5, 0.6) is 5.75 Å². The van der Waals surface area contributed by atoms with Crippen molar-refractivity contribution in [2.24, 2.45) is 0 Å². The predicted molar refractivity (Wildman–Crippen MR) is 156 cm³/mol. The van der Waals surface area contributed by atoms with Crippen LogP contribution in [0.1, 0.15) is 51.3 Å². The Labute approximate surface area is 247 Å². The lowest BCUT2D eigenvalue weighted by atomic mass is 10.1. The summed E-state index contributed by atoms with van der Waals surface area (Å²) < 4.78 is 11.5. The highest BCUT2D eigenvalue weighted by molar-refractivity contribution is 6.05. The van der Waals surface area contributed by atoms with Crippen molar-refractivity contribution < 1.29 is 33.8 Å². The van der Waals surface area contributed by atoms with E-state index in [9.17, 15) is 24.3 Å². The molecule has 0 atom stereocenters. The van der Waals surface area contributed by atoms with Crippen molar-refractivity contribution in [3.63, 3.8) is 0 Å². The summed E-state index contributed by atoms with van der Waals surface area (Å²) in [6, 6.07) is 11.3. The maximum atomic E-state index is 13.4. The number of nitrogens with one attached hydrogen (secondary N) is 2. The van der Waals surface area contributed by atoms with Gasteiger partial charge in [-0.25, -0.2) is 19.2 Å². The second-order valence-corrected chi connectivity index (χ2v) is 9.52. The summed E-state index contributed by atoms with van der Waals surface area (Å²) in [5, 5.41) is 19.6. The number of carbonyl (C=O) groups is 4. The Morgan fingerprint density at radius 2 is 1.77 bits per heavy atom. The number of aromatic hydroxyl groups is 1. The smallest absolute Gasteiger partial charge is 0.419 e. The molecule has 0 aliphatic carbocycles. The molecule has 0 bridgehead atoms. The summed E-state index contributed by atoms with van der Waals surface area (Å²) in [5.41, 5.74) is 3.81. The van der Waals surface area contributed by atoms with Gasteiger partial charge in [0.25, 0.3) is 11.8 Å². The highest BCUT2D eigenvalue weighted by Gasteiger charge is 2.27. The molecule has 0 saturated carbocycles. The van der Waals surface area contributed by atoms with Crippen LogP contribution in [0.2, 0.25) is 0 Å². The minimum absolute atomic E-state index is 0.00660. The number of anilines is 2. The molecule has 4 rings (SSSR count). The molecule has 2 aromatic heterocycles. The van der Waals surface area contributed by atoms with Crippen LogP contribution in [-0.2, 0) is 20.7 Å². The summed E-state index contributed by atoms with van der Waals surface area (Å²) in [4.78, 5) is 55.9.